The van der Waals surface area contributed by atoms with Gasteiger partial charge in [0, 0.05) is 6.54 Å². The molecule has 0 spiro atoms. The van der Waals surface area contributed by atoms with Crippen LogP contribution in [0.5, 0.6) is 0 Å². The molecular formula is C9H17N3O. The van der Waals surface area contributed by atoms with Gasteiger partial charge < -0.3 is 10.6 Å². The van der Waals surface area contributed by atoms with Crippen LogP contribution in [-0.4, -0.2) is 25.5 Å². The van der Waals surface area contributed by atoms with Gasteiger partial charge in [-0.05, 0) is 27.8 Å². The van der Waals surface area contributed by atoms with Gasteiger partial charge in [0.1, 0.15) is 0 Å². The Hall–Kier alpha value is -1.08. The third-order valence-corrected chi connectivity index (χ3v) is 1.83. The van der Waals surface area contributed by atoms with E-state index in [0.29, 0.717) is 6.54 Å². The number of carbonyl (C=O) groups excluding carboxylic acids is 1. The van der Waals surface area contributed by atoms with Crippen molar-refractivity contribution >= 4 is 5.91 Å². The number of nitriles is 1. The number of hydrogen-bond donors (Lipinski definition) is 2. The number of nitrogens with one attached hydrogen (secondary N) is 2. The van der Waals surface area contributed by atoms with Crippen LogP contribution < -0.4 is 10.6 Å². The van der Waals surface area contributed by atoms with Crippen LogP contribution in [0.15, 0.2) is 0 Å². The molecule has 0 aromatic rings. The minimum absolute atomic E-state index is 0.0779. The van der Waals surface area contributed by atoms with E-state index in [-0.39, 0.29) is 11.9 Å². The largest absolute Gasteiger partial charge is 0.353 e. The molecule has 0 aliphatic carbocycles. The standard InChI is InChI=1S/C9H17N3O/c1-7(11-4)8(13)12-6-9(2,3)5-10/h7,11H,6H2,1-4H3,(H,12,13). The van der Waals surface area contributed by atoms with Crippen LogP contribution in [-0.2, 0) is 4.79 Å². The first-order valence-electron chi connectivity index (χ1n) is 4.29. The number of likely N-dealkylation sites (N-methyl/N-ethyl adjacent to an activating group) is 1. The fraction of sp³-hybridized carbons (Fsp3) is 0.778. The van der Waals surface area contributed by atoms with Crippen LogP contribution in [0, 0.1) is 16.7 Å². The molecule has 13 heavy (non-hydrogen) atoms. The van der Waals surface area contributed by atoms with Gasteiger partial charge in [-0.2, -0.15) is 5.26 Å². The molecule has 0 saturated carbocycles. The summed E-state index contributed by atoms with van der Waals surface area (Å²) in [7, 11) is 1.72. The van der Waals surface area contributed by atoms with Crippen molar-refractivity contribution in [2.75, 3.05) is 13.6 Å². The van der Waals surface area contributed by atoms with Gasteiger partial charge in [-0.3, -0.25) is 4.79 Å². The number of amides is 1. The lowest BCUT2D eigenvalue weighted by molar-refractivity contribution is -0.122. The number of hydrogen-bond acceptors (Lipinski definition) is 3. The zero-order valence-corrected chi connectivity index (χ0v) is 8.64. The maximum absolute atomic E-state index is 11.3. The van der Waals surface area contributed by atoms with Crippen molar-refractivity contribution in [3.05, 3.63) is 0 Å². The fourth-order valence-corrected chi connectivity index (χ4v) is 0.632. The van der Waals surface area contributed by atoms with Crippen molar-refractivity contribution in [1.29, 1.82) is 5.26 Å². The van der Waals surface area contributed by atoms with Crippen molar-refractivity contribution in [2.24, 2.45) is 5.41 Å². The molecule has 0 heterocycles. The SMILES string of the molecule is CNC(C)C(=O)NCC(C)(C)C#N. The molecule has 0 aliphatic heterocycles. The molecule has 0 radical (unpaired) electrons. The van der Waals surface area contributed by atoms with Gasteiger partial charge in [0.2, 0.25) is 5.91 Å². The predicted molar refractivity (Wildman–Crippen MR) is 50.9 cm³/mol. The van der Waals surface area contributed by atoms with Gasteiger partial charge in [0.05, 0.1) is 17.5 Å². The molecule has 1 atom stereocenters. The van der Waals surface area contributed by atoms with E-state index in [9.17, 15) is 4.79 Å². The second-order valence-corrected chi connectivity index (χ2v) is 3.72. The molecule has 1 unspecified atom stereocenters. The summed E-state index contributed by atoms with van der Waals surface area (Å²) in [6.45, 7) is 5.73. The van der Waals surface area contributed by atoms with Gasteiger partial charge >= 0.3 is 0 Å². The summed E-state index contributed by atoms with van der Waals surface area (Å²) in [5.41, 5.74) is -0.497. The third-order valence-electron chi connectivity index (χ3n) is 1.83. The second-order valence-electron chi connectivity index (χ2n) is 3.72. The normalized spacial score (nSPS) is 13.2. The number of carbonyl (C=O) groups is 1. The summed E-state index contributed by atoms with van der Waals surface area (Å²) in [6.07, 6.45) is 0. The van der Waals surface area contributed by atoms with E-state index in [2.05, 4.69) is 16.7 Å². The lowest BCUT2D eigenvalue weighted by Crippen LogP contribution is -2.43. The van der Waals surface area contributed by atoms with E-state index >= 15 is 0 Å². The summed E-state index contributed by atoms with van der Waals surface area (Å²) in [5, 5.41) is 14.2. The Kier molecular flexibility index (Phi) is 4.43. The Labute approximate surface area is 79.3 Å². The molecule has 4 nitrogen and oxygen atoms in total. The molecule has 1 amide bonds. The summed E-state index contributed by atoms with van der Waals surface area (Å²) >= 11 is 0. The molecule has 0 rings (SSSR count). The first kappa shape index (κ1) is 11.9. The molecular weight excluding hydrogens is 166 g/mol. The summed E-state index contributed by atoms with van der Waals surface area (Å²) in [6, 6.07) is 1.91. The molecule has 2 N–H and O–H groups in total. The smallest absolute Gasteiger partial charge is 0.236 e. The van der Waals surface area contributed by atoms with Gasteiger partial charge in [-0.15, -0.1) is 0 Å². The zero-order chi connectivity index (χ0) is 10.5. The van der Waals surface area contributed by atoms with Crippen LogP contribution in [0.1, 0.15) is 20.8 Å². The minimum atomic E-state index is -0.497. The number of rotatable bonds is 4. The van der Waals surface area contributed by atoms with E-state index in [1.807, 2.05) is 0 Å². The molecule has 0 aromatic heterocycles. The quantitative estimate of drug-likeness (QED) is 0.657. The molecule has 4 heteroatoms. The van der Waals surface area contributed by atoms with Crippen molar-refractivity contribution in [3.63, 3.8) is 0 Å². The Bertz CT molecular complexity index is 217. The highest BCUT2D eigenvalue weighted by atomic mass is 16.2. The van der Waals surface area contributed by atoms with Crippen molar-refractivity contribution in [1.82, 2.24) is 10.6 Å². The second kappa shape index (κ2) is 4.83. The van der Waals surface area contributed by atoms with E-state index in [1.165, 1.54) is 0 Å². The average Bonchev–Trinajstić information content (AvgIpc) is 2.13. The zero-order valence-electron chi connectivity index (χ0n) is 8.64. The molecule has 0 bridgehead atoms. The third kappa shape index (κ3) is 4.48. The predicted octanol–water partition coefficient (Wildman–Crippen LogP) is 0.260. The number of nitrogens with zero attached hydrogens (tertiary/aromatic N) is 1. The van der Waals surface area contributed by atoms with E-state index in [0.717, 1.165) is 0 Å². The highest BCUT2D eigenvalue weighted by Gasteiger charge is 2.19. The van der Waals surface area contributed by atoms with Gasteiger partial charge in [0.15, 0.2) is 0 Å². The summed E-state index contributed by atoms with van der Waals surface area (Å²) in [4.78, 5) is 11.3. The van der Waals surface area contributed by atoms with Crippen molar-refractivity contribution in [3.8, 4) is 6.07 Å². The lowest BCUT2D eigenvalue weighted by atomic mass is 9.96. The molecule has 74 valence electrons. The minimum Gasteiger partial charge on any atom is -0.353 e. The van der Waals surface area contributed by atoms with Crippen molar-refractivity contribution < 1.29 is 4.79 Å². The fourth-order valence-electron chi connectivity index (χ4n) is 0.632. The first-order chi connectivity index (χ1) is 5.93. The maximum Gasteiger partial charge on any atom is 0.236 e. The molecule has 0 aliphatic rings. The van der Waals surface area contributed by atoms with Gasteiger partial charge in [0.25, 0.3) is 0 Å². The molecule has 0 fully saturated rings. The van der Waals surface area contributed by atoms with Gasteiger partial charge in [-0.1, -0.05) is 0 Å². The Morgan fingerprint density at radius 1 is 1.62 bits per heavy atom. The highest BCUT2D eigenvalue weighted by molar-refractivity contribution is 5.81. The van der Waals surface area contributed by atoms with Crippen LogP contribution in [0.4, 0.5) is 0 Å². The van der Waals surface area contributed by atoms with E-state index in [4.69, 9.17) is 5.26 Å². The lowest BCUT2D eigenvalue weighted by Gasteiger charge is -2.17. The summed E-state index contributed by atoms with van der Waals surface area (Å²) < 4.78 is 0. The van der Waals surface area contributed by atoms with E-state index in [1.54, 1.807) is 27.8 Å². The monoisotopic (exact) mass is 183 g/mol. The van der Waals surface area contributed by atoms with Gasteiger partial charge in [-0.25, -0.2) is 0 Å². The highest BCUT2D eigenvalue weighted by Crippen LogP contribution is 2.10. The van der Waals surface area contributed by atoms with Crippen LogP contribution in [0.25, 0.3) is 0 Å². The Morgan fingerprint density at radius 3 is 2.54 bits per heavy atom. The average molecular weight is 183 g/mol. The van der Waals surface area contributed by atoms with E-state index < -0.39 is 5.41 Å². The maximum atomic E-state index is 11.3. The molecule has 0 aromatic carbocycles. The Balaban J connectivity index is 3.91. The van der Waals surface area contributed by atoms with Crippen LogP contribution in [0.2, 0.25) is 0 Å². The van der Waals surface area contributed by atoms with Crippen LogP contribution >= 0.6 is 0 Å². The van der Waals surface area contributed by atoms with Crippen LogP contribution in [0.3, 0.4) is 0 Å². The Morgan fingerprint density at radius 2 is 2.15 bits per heavy atom. The first-order valence-corrected chi connectivity index (χ1v) is 4.29. The van der Waals surface area contributed by atoms with Crippen molar-refractivity contribution in [2.45, 2.75) is 26.8 Å². The summed E-state index contributed by atoms with van der Waals surface area (Å²) in [5.74, 6) is -0.0779. The molecule has 0 saturated heterocycles. The topological polar surface area (TPSA) is 64.9 Å².